The Morgan fingerprint density at radius 2 is 1.75 bits per heavy atom. The molecule has 63 heavy (non-hydrogen) atoms. The maximum atomic E-state index is 15.4. The first-order valence-corrected chi connectivity index (χ1v) is 20.8. The van der Waals surface area contributed by atoms with Gasteiger partial charge < -0.3 is 51.5 Å². The molecule has 1 saturated carbocycles. The minimum atomic E-state index is -1.99. The second-order valence-electron chi connectivity index (χ2n) is 16.4. The fourth-order valence-corrected chi connectivity index (χ4v) is 8.72. The van der Waals surface area contributed by atoms with Crippen LogP contribution >= 0.6 is 0 Å². The summed E-state index contributed by atoms with van der Waals surface area (Å²) in [5.41, 5.74) is 7.59. The van der Waals surface area contributed by atoms with Crippen LogP contribution < -0.4 is 37.9 Å². The van der Waals surface area contributed by atoms with Crippen molar-refractivity contribution in [3.8, 4) is 11.4 Å². The standard InChI is InChI=1S/C44H47FN8O10/c1-22-25-9-10-30(50-37(57)20-62-21-49-35(55)16-48-41(58)32(11-23-5-3-2-4-6-23)51-36(56)17-47-34(54)15-46)39-26-18-53-33(40(26)52-31(38(25)39)13-29(22)45)12-28-27(42(53)59)19-63-43(60)44(28,61)14-24-7-8-24/h2-6,12-13,24,30,32,61H,7-11,14-21,46H2,1H3,(H,47,54)(H,48,58)(H,49,55)(H,50,57)(H,51,56)/t30-,32-,44-/m0/s1. The lowest BCUT2D eigenvalue weighted by molar-refractivity contribution is -0.173. The number of nitrogens with one attached hydrogen (secondary N) is 5. The quantitative estimate of drug-likeness (QED) is 0.0394. The van der Waals surface area contributed by atoms with Gasteiger partial charge in [-0.05, 0) is 60.4 Å². The number of amides is 5. The lowest BCUT2D eigenvalue weighted by atomic mass is 9.81. The Morgan fingerprint density at radius 3 is 2.49 bits per heavy atom. The Kier molecular flexibility index (Phi) is 12.1. The van der Waals surface area contributed by atoms with E-state index in [2.05, 4.69) is 26.6 Å². The number of benzene rings is 2. The average molecular weight is 867 g/mol. The number of hydrogen-bond donors (Lipinski definition) is 7. The molecule has 8 rings (SSSR count). The molecule has 4 heterocycles. The van der Waals surface area contributed by atoms with Crippen molar-refractivity contribution in [2.24, 2.45) is 11.7 Å². The van der Waals surface area contributed by atoms with E-state index in [9.17, 15) is 38.7 Å². The van der Waals surface area contributed by atoms with E-state index in [1.54, 1.807) is 43.3 Å². The van der Waals surface area contributed by atoms with E-state index in [0.29, 0.717) is 51.8 Å². The zero-order valence-corrected chi connectivity index (χ0v) is 34.4. The third-order valence-corrected chi connectivity index (χ3v) is 12.1. The number of cyclic esters (lactones) is 1. The van der Waals surface area contributed by atoms with Crippen molar-refractivity contribution in [1.29, 1.82) is 0 Å². The number of rotatable bonds is 16. The summed E-state index contributed by atoms with van der Waals surface area (Å²) in [6.07, 6.45) is 2.77. The SMILES string of the molecule is Cc1c(F)cc2nc3c(c4c2c1CC[C@@H]4NC(=O)COCNC(=O)CNC(=O)[C@H](Cc1ccccc1)NC(=O)CNC(=O)CN)Cn1c-3cc2c(c1=O)COC(=O)[C@]2(O)CC1CC1. The normalized spacial score (nSPS) is 18.6. The second-order valence-corrected chi connectivity index (χ2v) is 16.4. The van der Waals surface area contributed by atoms with E-state index in [4.69, 9.17) is 20.2 Å². The van der Waals surface area contributed by atoms with Gasteiger partial charge in [-0.25, -0.2) is 14.2 Å². The summed E-state index contributed by atoms with van der Waals surface area (Å²) >= 11 is 0. The molecule has 0 unspecified atom stereocenters. The summed E-state index contributed by atoms with van der Waals surface area (Å²) in [5, 5.41) is 25.3. The van der Waals surface area contributed by atoms with Crippen LogP contribution in [-0.2, 0) is 69.8 Å². The van der Waals surface area contributed by atoms with Crippen molar-refractivity contribution >= 4 is 46.4 Å². The highest BCUT2D eigenvalue weighted by Gasteiger charge is 2.50. The summed E-state index contributed by atoms with van der Waals surface area (Å²) < 4.78 is 27.7. The molecule has 0 radical (unpaired) electrons. The monoisotopic (exact) mass is 866 g/mol. The summed E-state index contributed by atoms with van der Waals surface area (Å²) in [4.78, 5) is 95.1. The topological polar surface area (TPSA) is 262 Å². The molecular formula is C44H47FN8O10. The number of hydrogen-bond acceptors (Lipinski definition) is 12. The third-order valence-electron chi connectivity index (χ3n) is 12.1. The van der Waals surface area contributed by atoms with Crippen LogP contribution in [0.25, 0.3) is 22.3 Å². The number of aliphatic hydroxyl groups is 1. The zero-order valence-electron chi connectivity index (χ0n) is 34.4. The number of carbonyl (C=O) groups excluding carboxylic acids is 6. The van der Waals surface area contributed by atoms with Gasteiger partial charge in [0.1, 0.15) is 31.8 Å². The molecule has 8 N–H and O–H groups in total. The van der Waals surface area contributed by atoms with E-state index in [1.807, 2.05) is 0 Å². The van der Waals surface area contributed by atoms with Crippen molar-refractivity contribution in [1.82, 2.24) is 36.1 Å². The lowest BCUT2D eigenvalue weighted by Crippen LogP contribution is -2.52. The van der Waals surface area contributed by atoms with Gasteiger partial charge in [0.15, 0.2) is 5.60 Å². The van der Waals surface area contributed by atoms with E-state index >= 15 is 4.39 Å². The van der Waals surface area contributed by atoms with Gasteiger partial charge in [-0.2, -0.15) is 0 Å². The number of carbonyl (C=O) groups is 6. The van der Waals surface area contributed by atoms with Gasteiger partial charge in [-0.1, -0.05) is 43.2 Å². The Balaban J connectivity index is 0.924. The molecule has 3 atom stereocenters. The summed E-state index contributed by atoms with van der Waals surface area (Å²) in [6, 6.07) is 10.2. The fourth-order valence-electron chi connectivity index (χ4n) is 8.72. The number of nitrogens with zero attached hydrogens (tertiary/aromatic N) is 2. The molecule has 5 amide bonds. The van der Waals surface area contributed by atoms with Crippen molar-refractivity contribution in [2.45, 2.75) is 76.3 Å². The molecule has 1 fully saturated rings. The molecule has 4 aromatic rings. The van der Waals surface area contributed by atoms with Crippen LogP contribution in [0.15, 0.2) is 47.3 Å². The Hall–Kier alpha value is -6.57. The minimum Gasteiger partial charge on any atom is -0.458 e. The van der Waals surface area contributed by atoms with Gasteiger partial charge in [0.05, 0.1) is 54.7 Å². The van der Waals surface area contributed by atoms with Gasteiger partial charge in [0.2, 0.25) is 29.5 Å². The molecular weight excluding hydrogens is 820 g/mol. The largest absolute Gasteiger partial charge is 0.458 e. The number of nitrogens with two attached hydrogens (primary N) is 1. The molecule has 2 aliphatic heterocycles. The predicted octanol–water partition coefficient (Wildman–Crippen LogP) is 0.0296. The average Bonchev–Trinajstić information content (AvgIpc) is 4.01. The highest BCUT2D eigenvalue weighted by atomic mass is 19.1. The van der Waals surface area contributed by atoms with Crippen molar-refractivity contribution in [2.75, 3.05) is 33.0 Å². The van der Waals surface area contributed by atoms with Crippen molar-refractivity contribution < 1.29 is 47.7 Å². The number of aromatic nitrogens is 2. The molecule has 0 spiro atoms. The van der Waals surface area contributed by atoms with E-state index in [1.165, 1.54) is 10.6 Å². The molecule has 2 aromatic heterocycles. The van der Waals surface area contributed by atoms with Gasteiger partial charge in [0, 0.05) is 29.0 Å². The van der Waals surface area contributed by atoms with Crippen LogP contribution in [0.1, 0.15) is 70.7 Å². The minimum absolute atomic E-state index is 0.0811. The number of halogens is 1. The van der Waals surface area contributed by atoms with E-state index in [-0.39, 0.29) is 56.3 Å². The first-order chi connectivity index (χ1) is 30.2. The summed E-state index contributed by atoms with van der Waals surface area (Å²) in [6.45, 7) is -0.524. The Bertz CT molecular complexity index is 2620. The summed E-state index contributed by atoms with van der Waals surface area (Å²) in [7, 11) is 0. The van der Waals surface area contributed by atoms with Crippen LogP contribution in [0.4, 0.5) is 4.39 Å². The molecule has 0 saturated heterocycles. The van der Waals surface area contributed by atoms with Gasteiger partial charge in [-0.3, -0.25) is 28.8 Å². The van der Waals surface area contributed by atoms with Gasteiger partial charge >= 0.3 is 5.97 Å². The van der Waals surface area contributed by atoms with Gasteiger partial charge in [-0.15, -0.1) is 0 Å². The second kappa shape index (κ2) is 17.7. The lowest BCUT2D eigenvalue weighted by Gasteiger charge is -2.32. The van der Waals surface area contributed by atoms with E-state index < -0.39 is 84.3 Å². The molecule has 2 aromatic carbocycles. The maximum absolute atomic E-state index is 15.4. The smallest absolute Gasteiger partial charge is 0.343 e. The first kappa shape index (κ1) is 43.1. The van der Waals surface area contributed by atoms with Crippen molar-refractivity contribution in [3.05, 3.63) is 97.6 Å². The number of ether oxygens (including phenoxy) is 2. The van der Waals surface area contributed by atoms with Crippen LogP contribution in [-0.4, -0.2) is 89.2 Å². The fraction of sp³-hybridized carbons (Fsp3) is 0.409. The number of fused-ring (bicyclic) bond motifs is 5. The molecule has 2 aliphatic carbocycles. The highest BCUT2D eigenvalue weighted by Crippen LogP contribution is 2.48. The summed E-state index contributed by atoms with van der Waals surface area (Å²) in [5.74, 6) is -4.10. The van der Waals surface area contributed by atoms with Crippen molar-refractivity contribution in [3.63, 3.8) is 0 Å². The van der Waals surface area contributed by atoms with Gasteiger partial charge in [0.25, 0.3) is 5.56 Å². The van der Waals surface area contributed by atoms with Crippen LogP contribution in [0, 0.1) is 18.7 Å². The number of aryl methyl sites for hydroxylation is 1. The Labute approximate surface area is 359 Å². The first-order valence-electron chi connectivity index (χ1n) is 20.8. The number of esters is 1. The third kappa shape index (κ3) is 8.76. The molecule has 18 nitrogen and oxygen atoms in total. The molecule has 330 valence electrons. The maximum Gasteiger partial charge on any atom is 0.343 e. The van der Waals surface area contributed by atoms with Crippen LogP contribution in [0.3, 0.4) is 0 Å². The predicted molar refractivity (Wildman–Crippen MR) is 222 cm³/mol. The van der Waals surface area contributed by atoms with E-state index in [0.717, 1.165) is 24.0 Å². The van der Waals surface area contributed by atoms with Crippen LogP contribution in [0.2, 0.25) is 0 Å². The number of pyridine rings is 2. The highest BCUT2D eigenvalue weighted by molar-refractivity contribution is 5.95. The zero-order chi connectivity index (χ0) is 44.6. The molecule has 0 bridgehead atoms. The molecule has 19 heteroatoms. The van der Waals surface area contributed by atoms with Crippen LogP contribution in [0.5, 0.6) is 0 Å². The Morgan fingerprint density at radius 1 is 0.984 bits per heavy atom. The molecule has 4 aliphatic rings.